The summed E-state index contributed by atoms with van der Waals surface area (Å²) < 4.78 is 2.73. The van der Waals surface area contributed by atoms with Gasteiger partial charge in [0.25, 0.3) is 11.8 Å². The summed E-state index contributed by atoms with van der Waals surface area (Å²) in [6.07, 6.45) is 2.15. The summed E-state index contributed by atoms with van der Waals surface area (Å²) in [4.78, 5) is 31.9. The van der Waals surface area contributed by atoms with Crippen molar-refractivity contribution in [3.63, 3.8) is 0 Å². The number of amides is 2. The zero-order valence-corrected chi connectivity index (χ0v) is 17.1. The van der Waals surface area contributed by atoms with E-state index in [2.05, 4.69) is 15.4 Å². The highest BCUT2D eigenvalue weighted by molar-refractivity contribution is 7.20. The van der Waals surface area contributed by atoms with E-state index in [1.165, 1.54) is 16.2 Å². The molecule has 0 radical (unpaired) electrons. The Balaban J connectivity index is 1.42. The second kappa shape index (κ2) is 7.38. The van der Waals surface area contributed by atoms with Crippen molar-refractivity contribution in [3.05, 3.63) is 65.8 Å². The number of aromatic nitrogens is 3. The smallest absolute Gasteiger partial charge is 0.280 e. The lowest BCUT2D eigenvalue weighted by atomic mass is 10.1. The van der Waals surface area contributed by atoms with Crippen molar-refractivity contribution in [3.8, 4) is 11.1 Å². The van der Waals surface area contributed by atoms with E-state index in [0.717, 1.165) is 27.2 Å². The van der Waals surface area contributed by atoms with Crippen LogP contribution in [0.1, 0.15) is 16.2 Å². The maximum atomic E-state index is 12.9. The Bertz CT molecular complexity index is 1250. The summed E-state index contributed by atoms with van der Waals surface area (Å²) in [6.45, 7) is 0.557. The third kappa shape index (κ3) is 3.15. The van der Waals surface area contributed by atoms with E-state index in [9.17, 15) is 9.59 Å². The molecule has 30 heavy (non-hydrogen) atoms. The number of nitrogens with one attached hydrogen (secondary N) is 1. The maximum absolute atomic E-state index is 12.9. The molecule has 1 aliphatic heterocycles. The number of rotatable bonds is 3. The molecule has 3 heterocycles. The molecule has 0 saturated heterocycles. The van der Waals surface area contributed by atoms with Crippen molar-refractivity contribution in [2.75, 3.05) is 11.9 Å². The lowest BCUT2D eigenvalue weighted by Crippen LogP contribution is -2.46. The normalized spacial score (nSPS) is 16.4. The van der Waals surface area contributed by atoms with Crippen molar-refractivity contribution in [2.24, 2.45) is 0 Å². The first-order valence-electron chi connectivity index (χ1n) is 9.67. The molecule has 2 amide bonds. The Labute approximate surface area is 177 Å². The summed E-state index contributed by atoms with van der Waals surface area (Å²) in [5, 5.41) is 7.47. The fourth-order valence-corrected chi connectivity index (χ4v) is 4.75. The molecule has 0 aliphatic carbocycles. The number of fused-ring (bicyclic) bond motifs is 2. The zero-order valence-electron chi connectivity index (χ0n) is 16.3. The van der Waals surface area contributed by atoms with Crippen molar-refractivity contribution in [2.45, 2.75) is 19.0 Å². The fourth-order valence-electron chi connectivity index (χ4n) is 3.75. The van der Waals surface area contributed by atoms with Gasteiger partial charge in [-0.2, -0.15) is 5.10 Å². The van der Waals surface area contributed by atoms with Gasteiger partial charge in [0.2, 0.25) is 0 Å². The van der Waals surface area contributed by atoms with Gasteiger partial charge in [-0.1, -0.05) is 42.5 Å². The molecule has 0 saturated carbocycles. The van der Waals surface area contributed by atoms with Gasteiger partial charge in [-0.25, -0.2) is 9.67 Å². The minimum absolute atomic E-state index is 0.159. The van der Waals surface area contributed by atoms with Crippen LogP contribution in [0.3, 0.4) is 0 Å². The van der Waals surface area contributed by atoms with Gasteiger partial charge in [0, 0.05) is 25.2 Å². The number of hydrogen-bond acceptors (Lipinski definition) is 5. The number of anilines is 1. The van der Waals surface area contributed by atoms with Crippen molar-refractivity contribution in [1.82, 2.24) is 20.1 Å². The SMILES string of the molecule is CN1C(=O)[C@@H](NC(=O)c2nc3cccc(-c4ccccc4)c3s2)CCn2nccc21. The summed E-state index contributed by atoms with van der Waals surface area (Å²) >= 11 is 1.35. The molecule has 1 N–H and O–H groups in total. The summed E-state index contributed by atoms with van der Waals surface area (Å²) in [5.74, 6) is 0.236. The van der Waals surface area contributed by atoms with E-state index in [1.54, 1.807) is 24.0 Å². The molecule has 2 aromatic heterocycles. The monoisotopic (exact) mass is 417 g/mol. The molecular weight excluding hydrogens is 398 g/mol. The van der Waals surface area contributed by atoms with Crippen LogP contribution in [-0.2, 0) is 11.3 Å². The lowest BCUT2D eigenvalue weighted by Gasteiger charge is -2.19. The standard InChI is InChI=1S/C22H19N5O2S/c1-26-18-10-12-23-27(18)13-11-17(22(26)29)24-20(28)21-25-16-9-5-8-15(19(16)30-21)14-6-3-2-4-7-14/h2-10,12,17H,11,13H2,1H3,(H,24,28)/t17-/m0/s1. The van der Waals surface area contributed by atoms with Crippen molar-refractivity contribution < 1.29 is 9.59 Å². The first-order chi connectivity index (χ1) is 14.6. The average molecular weight is 417 g/mol. The van der Waals surface area contributed by atoms with Crippen molar-refractivity contribution in [1.29, 1.82) is 0 Å². The summed E-state index contributed by atoms with van der Waals surface area (Å²) in [6, 6.07) is 17.1. The average Bonchev–Trinajstić information content (AvgIpc) is 3.40. The van der Waals surface area contributed by atoms with Crippen LogP contribution in [0.5, 0.6) is 0 Å². The maximum Gasteiger partial charge on any atom is 0.280 e. The van der Waals surface area contributed by atoms with E-state index < -0.39 is 6.04 Å². The highest BCUT2D eigenvalue weighted by Gasteiger charge is 2.30. The molecule has 0 spiro atoms. The first kappa shape index (κ1) is 18.5. The number of carbonyl (C=O) groups excluding carboxylic acids is 2. The van der Waals surface area contributed by atoms with Gasteiger partial charge >= 0.3 is 0 Å². The largest absolute Gasteiger partial charge is 0.338 e. The minimum Gasteiger partial charge on any atom is -0.338 e. The predicted molar refractivity (Wildman–Crippen MR) is 117 cm³/mol. The van der Waals surface area contributed by atoms with Gasteiger partial charge in [0.05, 0.1) is 16.4 Å². The number of likely N-dealkylation sites (N-methyl/N-ethyl adjacent to an activating group) is 1. The van der Waals surface area contributed by atoms with E-state index >= 15 is 0 Å². The van der Waals surface area contributed by atoms with Crippen LogP contribution in [0.15, 0.2) is 60.8 Å². The third-order valence-corrected chi connectivity index (χ3v) is 6.40. The van der Waals surface area contributed by atoms with Crippen LogP contribution < -0.4 is 10.2 Å². The Hall–Kier alpha value is -3.52. The number of aryl methyl sites for hydroxylation is 1. The predicted octanol–water partition coefficient (Wildman–Crippen LogP) is 3.32. The number of hydrogen-bond donors (Lipinski definition) is 1. The zero-order chi connectivity index (χ0) is 20.7. The number of benzene rings is 2. The summed E-state index contributed by atoms with van der Waals surface area (Å²) in [5.41, 5.74) is 2.89. The number of thiazole rings is 1. The summed E-state index contributed by atoms with van der Waals surface area (Å²) in [7, 11) is 1.70. The highest BCUT2D eigenvalue weighted by Crippen LogP contribution is 2.33. The van der Waals surface area contributed by atoms with Crippen molar-refractivity contribution >= 4 is 39.2 Å². The van der Waals surface area contributed by atoms with Gasteiger partial charge in [0.1, 0.15) is 11.9 Å². The topological polar surface area (TPSA) is 80.1 Å². The van der Waals surface area contributed by atoms with Crippen LogP contribution in [-0.4, -0.2) is 39.7 Å². The molecule has 2 aromatic carbocycles. The molecule has 7 nitrogen and oxygen atoms in total. The molecular formula is C22H19N5O2S. The first-order valence-corrected chi connectivity index (χ1v) is 10.5. The van der Waals surface area contributed by atoms with Crippen LogP contribution in [0.2, 0.25) is 0 Å². The minimum atomic E-state index is -0.621. The van der Waals surface area contributed by atoms with Gasteiger partial charge in [-0.3, -0.25) is 14.5 Å². The molecule has 8 heteroatoms. The quantitative estimate of drug-likeness (QED) is 0.555. The molecule has 1 aliphatic rings. The Morgan fingerprint density at radius 2 is 1.97 bits per heavy atom. The number of nitrogens with zero attached hydrogens (tertiary/aromatic N) is 4. The van der Waals surface area contributed by atoms with E-state index in [1.807, 2.05) is 48.5 Å². The molecule has 4 aromatic rings. The van der Waals surface area contributed by atoms with E-state index in [0.29, 0.717) is 18.0 Å². The van der Waals surface area contributed by atoms with E-state index in [4.69, 9.17) is 0 Å². The van der Waals surface area contributed by atoms with Gasteiger partial charge in [-0.15, -0.1) is 11.3 Å². The van der Waals surface area contributed by atoms with Crippen LogP contribution >= 0.6 is 11.3 Å². The van der Waals surface area contributed by atoms with Crippen LogP contribution in [0.4, 0.5) is 5.82 Å². The lowest BCUT2D eigenvalue weighted by molar-refractivity contribution is -0.120. The molecule has 1 atom stereocenters. The fraction of sp³-hybridized carbons (Fsp3) is 0.182. The molecule has 5 rings (SSSR count). The Morgan fingerprint density at radius 3 is 2.80 bits per heavy atom. The van der Waals surface area contributed by atoms with Crippen LogP contribution in [0.25, 0.3) is 21.3 Å². The number of carbonyl (C=O) groups is 2. The molecule has 0 unspecified atom stereocenters. The third-order valence-electron chi connectivity index (χ3n) is 5.30. The molecule has 0 bridgehead atoms. The second-order valence-electron chi connectivity index (χ2n) is 7.16. The van der Waals surface area contributed by atoms with Gasteiger partial charge in [0.15, 0.2) is 5.01 Å². The highest BCUT2D eigenvalue weighted by atomic mass is 32.1. The van der Waals surface area contributed by atoms with Gasteiger partial charge < -0.3 is 5.32 Å². The van der Waals surface area contributed by atoms with E-state index in [-0.39, 0.29) is 11.8 Å². The molecule has 150 valence electrons. The Kier molecular flexibility index (Phi) is 4.55. The molecule has 0 fully saturated rings. The second-order valence-corrected chi connectivity index (χ2v) is 8.16. The van der Waals surface area contributed by atoms with Gasteiger partial charge in [-0.05, 0) is 18.1 Å². The van der Waals surface area contributed by atoms with Crippen LogP contribution in [0, 0.1) is 0 Å². The Morgan fingerprint density at radius 1 is 1.13 bits per heavy atom.